The number of nitrogen functional groups attached to an aromatic ring is 1. The van der Waals surface area contributed by atoms with Gasteiger partial charge in [0.25, 0.3) is 0 Å². The minimum Gasteiger partial charge on any atom is -0.389 e. The van der Waals surface area contributed by atoms with E-state index in [1.807, 2.05) is 0 Å². The molecule has 0 aliphatic carbocycles. The molecule has 0 bridgehead atoms. The van der Waals surface area contributed by atoms with Crippen molar-refractivity contribution in [2.75, 3.05) is 17.2 Å². The van der Waals surface area contributed by atoms with E-state index < -0.39 is 11.9 Å². The largest absolute Gasteiger partial charge is 0.433 e. The number of anilines is 2. The molecule has 2 N–H and O–H groups in total. The molecule has 6 nitrogen and oxygen atoms in total. The molecule has 0 atom stereocenters. The quantitative estimate of drug-likeness (QED) is 0.704. The molecule has 0 fully saturated rings. The van der Waals surface area contributed by atoms with E-state index >= 15 is 0 Å². The molecule has 28 heavy (non-hydrogen) atoms. The Balaban J connectivity index is 1.76. The van der Waals surface area contributed by atoms with E-state index in [-0.39, 0.29) is 11.6 Å². The van der Waals surface area contributed by atoms with Gasteiger partial charge in [0.15, 0.2) is 11.5 Å². The highest BCUT2D eigenvalue weighted by atomic mass is 32.1. The van der Waals surface area contributed by atoms with Crippen molar-refractivity contribution in [3.05, 3.63) is 52.3 Å². The number of halogens is 3. The van der Waals surface area contributed by atoms with Crippen molar-refractivity contribution in [2.24, 2.45) is 0 Å². The molecule has 0 spiro atoms. The average Bonchev–Trinajstić information content (AvgIpc) is 3.01. The van der Waals surface area contributed by atoms with Crippen molar-refractivity contribution in [3.8, 4) is 17.5 Å². The number of thiophene rings is 1. The van der Waals surface area contributed by atoms with Gasteiger partial charge in [-0.2, -0.15) is 18.4 Å². The first kappa shape index (κ1) is 18.2. The van der Waals surface area contributed by atoms with E-state index in [4.69, 9.17) is 5.73 Å². The second-order valence-corrected chi connectivity index (χ2v) is 7.33. The SMILES string of the molecule is N#Cc1c(N)sc2c1CCN(c1cc(C(F)(F)F)nc(-c3ccncc3)n1)C2. The lowest BCUT2D eigenvalue weighted by Crippen LogP contribution is -2.31. The molecule has 0 radical (unpaired) electrons. The molecule has 0 amide bonds. The molecule has 4 heterocycles. The van der Waals surface area contributed by atoms with Crippen LogP contribution in [-0.2, 0) is 19.1 Å². The minimum atomic E-state index is -4.60. The van der Waals surface area contributed by atoms with E-state index in [1.54, 1.807) is 17.0 Å². The summed E-state index contributed by atoms with van der Waals surface area (Å²) in [4.78, 5) is 14.6. The van der Waals surface area contributed by atoms with Crippen LogP contribution in [0.3, 0.4) is 0 Å². The molecule has 0 saturated carbocycles. The fraction of sp³-hybridized carbons (Fsp3) is 0.222. The Kier molecular flexibility index (Phi) is 4.39. The van der Waals surface area contributed by atoms with Crippen LogP contribution >= 0.6 is 11.3 Å². The van der Waals surface area contributed by atoms with Gasteiger partial charge in [-0.15, -0.1) is 11.3 Å². The first-order valence-electron chi connectivity index (χ1n) is 8.28. The van der Waals surface area contributed by atoms with Gasteiger partial charge < -0.3 is 10.6 Å². The summed E-state index contributed by atoms with van der Waals surface area (Å²) in [5, 5.41) is 9.68. The predicted molar refractivity (Wildman–Crippen MR) is 98.5 cm³/mol. The molecule has 0 unspecified atom stereocenters. The van der Waals surface area contributed by atoms with E-state index in [1.165, 1.54) is 23.7 Å². The zero-order valence-electron chi connectivity index (χ0n) is 14.4. The van der Waals surface area contributed by atoms with Gasteiger partial charge in [0.1, 0.15) is 16.9 Å². The van der Waals surface area contributed by atoms with Gasteiger partial charge in [-0.1, -0.05) is 0 Å². The number of pyridine rings is 1. The van der Waals surface area contributed by atoms with Crippen molar-refractivity contribution < 1.29 is 13.2 Å². The normalized spacial score (nSPS) is 13.9. The lowest BCUT2D eigenvalue weighted by Gasteiger charge is -2.28. The first-order chi connectivity index (χ1) is 13.4. The van der Waals surface area contributed by atoms with Gasteiger partial charge in [-0.3, -0.25) is 4.98 Å². The molecular weight excluding hydrogens is 389 g/mol. The topological polar surface area (TPSA) is 91.7 Å². The first-order valence-corrected chi connectivity index (χ1v) is 9.10. The van der Waals surface area contributed by atoms with Crippen molar-refractivity contribution in [3.63, 3.8) is 0 Å². The summed E-state index contributed by atoms with van der Waals surface area (Å²) in [6.07, 6.45) is -1.13. The van der Waals surface area contributed by atoms with Gasteiger partial charge >= 0.3 is 6.18 Å². The Hall–Kier alpha value is -3.19. The van der Waals surface area contributed by atoms with E-state index in [0.717, 1.165) is 16.5 Å². The van der Waals surface area contributed by atoms with Crippen LogP contribution in [0.4, 0.5) is 24.0 Å². The van der Waals surface area contributed by atoms with Crippen LogP contribution in [0.1, 0.15) is 21.7 Å². The maximum Gasteiger partial charge on any atom is 0.433 e. The van der Waals surface area contributed by atoms with Gasteiger partial charge in [0.05, 0.1) is 12.1 Å². The average molecular weight is 402 g/mol. The Morgan fingerprint density at radius 1 is 1.21 bits per heavy atom. The van der Waals surface area contributed by atoms with E-state index in [0.29, 0.717) is 35.6 Å². The van der Waals surface area contributed by atoms with Crippen molar-refractivity contribution in [1.29, 1.82) is 5.26 Å². The van der Waals surface area contributed by atoms with Gasteiger partial charge in [0.2, 0.25) is 0 Å². The summed E-state index contributed by atoms with van der Waals surface area (Å²) in [7, 11) is 0. The minimum absolute atomic E-state index is 0.0126. The Bertz CT molecular complexity index is 1070. The summed E-state index contributed by atoms with van der Waals surface area (Å²) >= 11 is 1.29. The van der Waals surface area contributed by atoms with Crippen LogP contribution in [-0.4, -0.2) is 21.5 Å². The van der Waals surface area contributed by atoms with Crippen LogP contribution in [0.2, 0.25) is 0 Å². The molecule has 0 saturated heterocycles. The summed E-state index contributed by atoms with van der Waals surface area (Å²) < 4.78 is 40.2. The maximum atomic E-state index is 13.4. The van der Waals surface area contributed by atoms with Crippen LogP contribution < -0.4 is 10.6 Å². The Morgan fingerprint density at radius 3 is 2.64 bits per heavy atom. The third kappa shape index (κ3) is 3.25. The number of fused-ring (bicyclic) bond motifs is 1. The lowest BCUT2D eigenvalue weighted by atomic mass is 10.0. The second-order valence-electron chi connectivity index (χ2n) is 6.20. The zero-order chi connectivity index (χ0) is 19.9. The van der Waals surface area contributed by atoms with Gasteiger partial charge in [-0.25, -0.2) is 9.97 Å². The predicted octanol–water partition coefficient (Wildman–Crippen LogP) is 3.64. The number of hydrogen-bond donors (Lipinski definition) is 1. The van der Waals surface area contributed by atoms with Crippen LogP contribution in [0.5, 0.6) is 0 Å². The highest BCUT2D eigenvalue weighted by molar-refractivity contribution is 7.16. The van der Waals surface area contributed by atoms with Crippen LogP contribution in [0.25, 0.3) is 11.4 Å². The van der Waals surface area contributed by atoms with Gasteiger partial charge in [0, 0.05) is 35.4 Å². The Labute approximate surface area is 162 Å². The molecule has 10 heteroatoms. The third-order valence-electron chi connectivity index (χ3n) is 4.46. The van der Waals surface area contributed by atoms with Gasteiger partial charge in [-0.05, 0) is 24.1 Å². The molecular formula is C18H13F3N6S. The highest BCUT2D eigenvalue weighted by Gasteiger charge is 2.35. The summed E-state index contributed by atoms with van der Waals surface area (Å²) in [6, 6.07) is 6.18. The highest BCUT2D eigenvalue weighted by Crippen LogP contribution is 2.37. The molecule has 3 aromatic rings. The molecule has 1 aliphatic rings. The third-order valence-corrected chi connectivity index (χ3v) is 5.51. The molecule has 0 aromatic carbocycles. The second kappa shape index (κ2) is 6.76. The van der Waals surface area contributed by atoms with E-state index in [2.05, 4.69) is 21.0 Å². The van der Waals surface area contributed by atoms with Crippen LogP contribution in [0.15, 0.2) is 30.6 Å². The number of aromatic nitrogens is 3. The number of nitrogens with two attached hydrogens (primary N) is 1. The van der Waals surface area contributed by atoms with Crippen molar-refractivity contribution >= 4 is 22.2 Å². The summed E-state index contributed by atoms with van der Waals surface area (Å²) in [6.45, 7) is 0.776. The zero-order valence-corrected chi connectivity index (χ0v) is 15.2. The van der Waals surface area contributed by atoms with Crippen LogP contribution in [0, 0.1) is 11.3 Å². The Morgan fingerprint density at radius 2 is 1.96 bits per heavy atom. The lowest BCUT2D eigenvalue weighted by molar-refractivity contribution is -0.141. The number of alkyl halides is 3. The summed E-state index contributed by atoms with van der Waals surface area (Å²) in [5.41, 5.74) is 6.69. The number of nitrogens with zero attached hydrogens (tertiary/aromatic N) is 5. The van der Waals surface area contributed by atoms with Crippen molar-refractivity contribution in [1.82, 2.24) is 15.0 Å². The molecule has 142 valence electrons. The smallest absolute Gasteiger partial charge is 0.389 e. The molecule has 4 rings (SSSR count). The van der Waals surface area contributed by atoms with E-state index in [9.17, 15) is 18.4 Å². The number of nitriles is 1. The fourth-order valence-electron chi connectivity index (χ4n) is 3.11. The molecule has 3 aromatic heterocycles. The maximum absolute atomic E-state index is 13.4. The molecule has 1 aliphatic heterocycles. The fourth-order valence-corrected chi connectivity index (χ4v) is 4.20. The number of hydrogen-bond acceptors (Lipinski definition) is 7. The standard InChI is InChI=1S/C18H13F3N6S/c19-18(20,21)14-7-15(26-17(25-14)10-1-4-24-5-2-10)27-6-3-11-12(8-22)16(23)28-13(11)9-27/h1-2,4-5,7H,3,6,9,23H2. The van der Waals surface area contributed by atoms with Crippen molar-refractivity contribution in [2.45, 2.75) is 19.1 Å². The summed E-state index contributed by atoms with van der Waals surface area (Å²) in [5.74, 6) is 0.173. The monoisotopic (exact) mass is 402 g/mol. The number of rotatable bonds is 2.